The zero-order valence-electron chi connectivity index (χ0n) is 15.8. The third kappa shape index (κ3) is 5.92. The Hall–Kier alpha value is -2.67. The number of ether oxygens (including phenoxy) is 1. The fourth-order valence-electron chi connectivity index (χ4n) is 3.09. The molecule has 0 saturated carbocycles. The van der Waals surface area contributed by atoms with E-state index in [9.17, 15) is 4.79 Å². The molecule has 1 atom stereocenters. The van der Waals surface area contributed by atoms with Crippen LogP contribution in [-0.2, 0) is 18.2 Å². The van der Waals surface area contributed by atoms with E-state index >= 15 is 0 Å². The van der Waals surface area contributed by atoms with Gasteiger partial charge in [-0.3, -0.25) is 4.68 Å². The third-order valence-electron chi connectivity index (χ3n) is 4.60. The number of hydrogen-bond acceptors (Lipinski definition) is 4. The molecule has 1 aromatic heterocycles. The van der Waals surface area contributed by atoms with E-state index in [1.165, 1.54) is 6.33 Å². The number of hydrogen-bond donors (Lipinski definition) is 1. The predicted molar refractivity (Wildman–Crippen MR) is 104 cm³/mol. The SMILES string of the molecule is Cn1ncnc1CCNC(=O)N(CC=Cc1ccccc1)CC1CCCO1. The van der Waals surface area contributed by atoms with Crippen LogP contribution in [0.15, 0.2) is 42.7 Å². The molecule has 2 amide bonds. The number of rotatable bonds is 8. The highest BCUT2D eigenvalue weighted by Gasteiger charge is 2.21. The zero-order chi connectivity index (χ0) is 18.9. The Balaban J connectivity index is 1.53. The fraction of sp³-hybridized carbons (Fsp3) is 0.450. The minimum Gasteiger partial charge on any atom is -0.376 e. The van der Waals surface area contributed by atoms with Crippen LogP contribution in [-0.4, -0.2) is 58.0 Å². The van der Waals surface area contributed by atoms with Crippen molar-refractivity contribution in [3.8, 4) is 0 Å². The molecule has 1 aromatic carbocycles. The van der Waals surface area contributed by atoms with E-state index in [4.69, 9.17) is 4.74 Å². The Morgan fingerprint density at radius 1 is 1.41 bits per heavy atom. The molecule has 3 rings (SSSR count). The maximum atomic E-state index is 12.7. The number of nitrogens with one attached hydrogen (secondary N) is 1. The second kappa shape index (κ2) is 9.87. The first-order valence-electron chi connectivity index (χ1n) is 9.41. The van der Waals surface area contributed by atoms with Crippen molar-refractivity contribution in [1.29, 1.82) is 0 Å². The molecule has 1 unspecified atom stereocenters. The normalized spacial score (nSPS) is 16.7. The van der Waals surface area contributed by atoms with Crippen molar-refractivity contribution in [2.75, 3.05) is 26.2 Å². The average Bonchev–Trinajstić information content (AvgIpc) is 3.34. The number of benzene rings is 1. The first-order chi connectivity index (χ1) is 13.2. The molecule has 144 valence electrons. The number of urea groups is 1. The molecule has 7 nitrogen and oxygen atoms in total. The Bertz CT molecular complexity index is 738. The van der Waals surface area contributed by atoms with E-state index in [2.05, 4.69) is 15.4 Å². The van der Waals surface area contributed by atoms with Gasteiger partial charge in [-0.2, -0.15) is 5.10 Å². The van der Waals surface area contributed by atoms with Crippen molar-refractivity contribution >= 4 is 12.1 Å². The number of carbonyl (C=O) groups excluding carboxylic acids is 1. The Morgan fingerprint density at radius 2 is 2.26 bits per heavy atom. The molecule has 1 aliphatic rings. The summed E-state index contributed by atoms with van der Waals surface area (Å²) in [6, 6.07) is 10.0. The minimum atomic E-state index is -0.0784. The maximum absolute atomic E-state index is 12.7. The highest BCUT2D eigenvalue weighted by molar-refractivity contribution is 5.74. The highest BCUT2D eigenvalue weighted by Crippen LogP contribution is 2.13. The number of nitrogens with zero attached hydrogens (tertiary/aromatic N) is 4. The molecule has 1 N–H and O–H groups in total. The van der Waals surface area contributed by atoms with Gasteiger partial charge in [-0.15, -0.1) is 0 Å². The van der Waals surface area contributed by atoms with Crippen LogP contribution >= 0.6 is 0 Å². The van der Waals surface area contributed by atoms with Crippen LogP contribution in [0.4, 0.5) is 4.79 Å². The maximum Gasteiger partial charge on any atom is 0.317 e. The van der Waals surface area contributed by atoms with E-state index in [1.54, 1.807) is 4.68 Å². The van der Waals surface area contributed by atoms with Crippen LogP contribution in [0.3, 0.4) is 0 Å². The van der Waals surface area contributed by atoms with Gasteiger partial charge in [0.1, 0.15) is 12.2 Å². The van der Waals surface area contributed by atoms with Gasteiger partial charge in [-0.1, -0.05) is 42.5 Å². The summed E-state index contributed by atoms with van der Waals surface area (Å²) in [5.74, 6) is 0.852. The monoisotopic (exact) mass is 369 g/mol. The van der Waals surface area contributed by atoms with Crippen molar-refractivity contribution < 1.29 is 9.53 Å². The summed E-state index contributed by atoms with van der Waals surface area (Å²) in [6.07, 6.45) is 8.42. The van der Waals surface area contributed by atoms with Crippen LogP contribution in [0.5, 0.6) is 0 Å². The van der Waals surface area contributed by atoms with E-state index < -0.39 is 0 Å². The Kier molecular flexibility index (Phi) is 6.98. The molecule has 2 heterocycles. The van der Waals surface area contributed by atoms with Gasteiger partial charge in [0.05, 0.1) is 6.10 Å². The van der Waals surface area contributed by atoms with Crippen molar-refractivity contribution in [3.05, 3.63) is 54.1 Å². The van der Waals surface area contributed by atoms with E-state index in [0.717, 1.165) is 30.8 Å². The predicted octanol–water partition coefficient (Wildman–Crippen LogP) is 2.26. The van der Waals surface area contributed by atoms with Gasteiger partial charge in [0.25, 0.3) is 0 Å². The number of aromatic nitrogens is 3. The molecule has 1 fully saturated rings. The van der Waals surface area contributed by atoms with Gasteiger partial charge in [-0.25, -0.2) is 9.78 Å². The van der Waals surface area contributed by atoms with Crippen molar-refractivity contribution in [3.63, 3.8) is 0 Å². The number of aryl methyl sites for hydroxylation is 1. The van der Waals surface area contributed by atoms with E-state index in [0.29, 0.717) is 26.1 Å². The molecule has 27 heavy (non-hydrogen) atoms. The quantitative estimate of drug-likeness (QED) is 0.775. The summed E-state index contributed by atoms with van der Waals surface area (Å²) >= 11 is 0. The minimum absolute atomic E-state index is 0.0784. The first-order valence-corrected chi connectivity index (χ1v) is 9.41. The summed E-state index contributed by atoms with van der Waals surface area (Å²) in [6.45, 7) is 2.46. The van der Waals surface area contributed by atoms with Gasteiger partial charge in [-0.05, 0) is 18.4 Å². The molecule has 0 spiro atoms. The zero-order valence-corrected chi connectivity index (χ0v) is 15.8. The lowest BCUT2D eigenvalue weighted by Crippen LogP contribution is -2.44. The van der Waals surface area contributed by atoms with Crippen molar-refractivity contribution in [2.45, 2.75) is 25.4 Å². The highest BCUT2D eigenvalue weighted by atomic mass is 16.5. The topological polar surface area (TPSA) is 72.3 Å². The van der Waals surface area contributed by atoms with Crippen LogP contribution in [0.25, 0.3) is 6.08 Å². The van der Waals surface area contributed by atoms with Gasteiger partial charge in [0, 0.05) is 39.7 Å². The summed E-state index contributed by atoms with van der Waals surface area (Å²) in [5, 5.41) is 7.03. The molecule has 0 radical (unpaired) electrons. The van der Waals surface area contributed by atoms with Crippen LogP contribution in [0.1, 0.15) is 24.2 Å². The van der Waals surface area contributed by atoms with Gasteiger partial charge in [0.2, 0.25) is 0 Å². The van der Waals surface area contributed by atoms with Gasteiger partial charge in [0.15, 0.2) is 0 Å². The molecule has 0 bridgehead atoms. The number of amides is 2. The second-order valence-electron chi connectivity index (χ2n) is 6.63. The summed E-state index contributed by atoms with van der Waals surface area (Å²) < 4.78 is 7.43. The van der Waals surface area contributed by atoms with Crippen molar-refractivity contribution in [1.82, 2.24) is 25.0 Å². The lowest BCUT2D eigenvalue weighted by Gasteiger charge is -2.24. The smallest absolute Gasteiger partial charge is 0.317 e. The fourth-order valence-corrected chi connectivity index (χ4v) is 3.09. The average molecular weight is 369 g/mol. The largest absolute Gasteiger partial charge is 0.376 e. The molecule has 2 aromatic rings. The summed E-state index contributed by atoms with van der Waals surface area (Å²) in [5.41, 5.74) is 1.12. The van der Waals surface area contributed by atoms with E-state index in [1.807, 2.05) is 54.4 Å². The van der Waals surface area contributed by atoms with Crippen LogP contribution in [0, 0.1) is 0 Å². The van der Waals surface area contributed by atoms with Crippen LogP contribution < -0.4 is 5.32 Å². The number of carbonyl (C=O) groups is 1. The van der Waals surface area contributed by atoms with E-state index in [-0.39, 0.29) is 12.1 Å². The molecule has 7 heteroatoms. The lowest BCUT2D eigenvalue weighted by atomic mass is 10.2. The molecular formula is C20H27N5O2. The molecule has 1 saturated heterocycles. The van der Waals surface area contributed by atoms with Gasteiger partial charge < -0.3 is 15.0 Å². The standard InChI is InChI=1S/C20H27N5O2/c1-24-19(22-16-23-24)11-12-21-20(26)25(15-18-10-6-14-27-18)13-5-9-17-7-3-2-4-8-17/h2-5,7-9,16,18H,6,10-15H2,1H3,(H,21,26). The first kappa shape index (κ1) is 19.1. The second-order valence-corrected chi connectivity index (χ2v) is 6.63. The third-order valence-corrected chi connectivity index (χ3v) is 4.60. The van der Waals surface area contributed by atoms with Crippen molar-refractivity contribution in [2.24, 2.45) is 7.05 Å². The Morgan fingerprint density at radius 3 is 2.96 bits per heavy atom. The molecular weight excluding hydrogens is 342 g/mol. The van der Waals surface area contributed by atoms with Gasteiger partial charge >= 0.3 is 6.03 Å². The summed E-state index contributed by atoms with van der Waals surface area (Å²) in [7, 11) is 1.85. The summed E-state index contributed by atoms with van der Waals surface area (Å²) in [4.78, 5) is 18.7. The van der Waals surface area contributed by atoms with Crippen LogP contribution in [0.2, 0.25) is 0 Å². The Labute approximate surface area is 160 Å². The molecule has 1 aliphatic heterocycles. The molecule has 0 aliphatic carbocycles. The lowest BCUT2D eigenvalue weighted by molar-refractivity contribution is 0.0842.